The molecule has 1 N–H and O–H groups in total. The van der Waals surface area contributed by atoms with E-state index in [0.717, 1.165) is 0 Å². The van der Waals surface area contributed by atoms with Crippen LogP contribution in [-0.2, 0) is 10.4 Å². The molecule has 0 radical (unpaired) electrons. The average Bonchev–Trinajstić information content (AvgIpc) is 1.36. The molecule has 0 spiro atoms. The van der Waals surface area contributed by atoms with Crippen LogP contribution in [0.3, 0.4) is 0 Å². The van der Waals surface area contributed by atoms with Gasteiger partial charge in [0, 0.05) is 10.4 Å². The minimum atomic E-state index is -5.17. The van der Waals surface area contributed by atoms with Gasteiger partial charge in [-0.3, -0.25) is 13.1 Å². The van der Waals surface area contributed by atoms with Gasteiger partial charge in [0.2, 0.25) is 0 Å². The van der Waals surface area contributed by atoms with Crippen molar-refractivity contribution < 1.29 is 81.3 Å². The smallest absolute Gasteiger partial charge is 0.759 e. The fourth-order valence-electron chi connectivity index (χ4n) is 0. The summed E-state index contributed by atoms with van der Waals surface area (Å²) in [6.45, 7) is 0. The maximum atomic E-state index is 8.52. The van der Waals surface area contributed by atoms with E-state index >= 15 is 0 Å². The van der Waals surface area contributed by atoms with E-state index < -0.39 is 10.4 Å². The molecule has 0 atom stereocenters. The van der Waals surface area contributed by atoms with Crippen LogP contribution in [0.15, 0.2) is 0 Å². The number of hydrogen-bond donors (Lipinski definition) is 1. The third kappa shape index (κ3) is 148. The summed E-state index contributed by atoms with van der Waals surface area (Å²) in [4.78, 5) is 0. The quantitative estimate of drug-likeness (QED) is 0.235. The molecular formula is HClNa2O5S. The molecule has 0 heterocycles. The molecule has 0 aromatic rings. The first-order chi connectivity index (χ1) is 3.00. The van der Waals surface area contributed by atoms with E-state index in [-0.39, 0.29) is 59.1 Å². The van der Waals surface area contributed by atoms with E-state index in [0.29, 0.717) is 0 Å². The van der Waals surface area contributed by atoms with Crippen molar-refractivity contribution in [3.8, 4) is 0 Å². The molecule has 9 heteroatoms. The van der Waals surface area contributed by atoms with Crippen LogP contribution in [0.1, 0.15) is 0 Å². The third-order valence-corrected chi connectivity index (χ3v) is 0. The van der Waals surface area contributed by atoms with E-state index in [1.54, 1.807) is 0 Å². The van der Waals surface area contributed by atoms with Crippen LogP contribution in [-0.4, -0.2) is 22.2 Å². The Hall–Kier alpha value is 2.12. The predicted octanol–water partition coefficient (Wildman–Crippen LogP) is -7.20. The molecule has 0 saturated carbocycles. The van der Waals surface area contributed by atoms with Crippen LogP contribution in [0.4, 0.5) is 0 Å². The molecule has 5 nitrogen and oxygen atoms in total. The van der Waals surface area contributed by atoms with E-state index in [9.17, 15) is 0 Å². The van der Waals surface area contributed by atoms with Crippen molar-refractivity contribution in [2.24, 2.45) is 0 Å². The molecule has 0 unspecified atom stereocenters. The zero-order valence-corrected chi connectivity index (χ0v) is 10.4. The van der Waals surface area contributed by atoms with Crippen LogP contribution in [0, 0.1) is 0 Å². The van der Waals surface area contributed by atoms with Gasteiger partial charge >= 0.3 is 59.1 Å². The predicted molar refractivity (Wildman–Crippen MR) is 18.5 cm³/mol. The molecule has 0 saturated heterocycles. The third-order valence-electron chi connectivity index (χ3n) is 0. The first kappa shape index (κ1) is 22.5. The second kappa shape index (κ2) is 12.8. The summed E-state index contributed by atoms with van der Waals surface area (Å²) in [6.07, 6.45) is 0. The minimum absolute atomic E-state index is 0. The summed E-state index contributed by atoms with van der Waals surface area (Å²) in [6, 6.07) is 0. The zero-order chi connectivity index (χ0) is 6.50. The molecule has 0 amide bonds. The number of rotatable bonds is 0. The number of halogens is 1. The Bertz CT molecular complexity index is 98.1. The van der Waals surface area contributed by atoms with Crippen LogP contribution in [0.5, 0.6) is 0 Å². The Labute approximate surface area is 102 Å². The molecule has 0 fully saturated rings. The van der Waals surface area contributed by atoms with Crippen LogP contribution < -0.4 is 59.1 Å². The van der Waals surface area contributed by atoms with E-state index in [4.69, 9.17) is 22.2 Å². The van der Waals surface area contributed by atoms with Gasteiger partial charge in [0.1, 0.15) is 0 Å². The molecule has 0 aliphatic rings. The maximum absolute atomic E-state index is 8.52. The van der Waals surface area contributed by atoms with Gasteiger partial charge < -0.3 is 9.11 Å². The molecule has 46 valence electrons. The Morgan fingerprint density at radius 3 is 1.11 bits per heavy atom. The van der Waals surface area contributed by atoms with Crippen molar-refractivity contribution in [1.29, 1.82) is 0 Å². The van der Waals surface area contributed by atoms with Crippen LogP contribution in [0.25, 0.3) is 0 Å². The van der Waals surface area contributed by atoms with Crippen molar-refractivity contribution in [2.75, 3.05) is 0 Å². The van der Waals surface area contributed by atoms with Gasteiger partial charge in [-0.15, -0.1) is 0 Å². The molecule has 9 heavy (non-hydrogen) atoms. The second-order valence-corrected chi connectivity index (χ2v) is 1.22. The summed E-state index contributed by atoms with van der Waals surface area (Å²) in [7, 11) is -5.17. The number of hydrogen-bond acceptors (Lipinski definition) is 5. The molecular weight excluding hydrogens is 193 g/mol. The molecule has 0 bridgehead atoms. The first-order valence-corrected chi connectivity index (χ1v) is 2.51. The van der Waals surface area contributed by atoms with Crippen molar-refractivity contribution in [2.45, 2.75) is 0 Å². The first-order valence-electron chi connectivity index (χ1n) is 0.836. The van der Waals surface area contributed by atoms with Crippen molar-refractivity contribution in [3.63, 3.8) is 0 Å². The van der Waals surface area contributed by atoms with Crippen LogP contribution in [0.2, 0.25) is 0 Å². The fourth-order valence-corrected chi connectivity index (χ4v) is 0. The minimum Gasteiger partial charge on any atom is -0.759 e. The van der Waals surface area contributed by atoms with Gasteiger partial charge in [0.25, 0.3) is 0 Å². The van der Waals surface area contributed by atoms with Gasteiger partial charge in [-0.25, -0.2) is 0 Å². The summed E-state index contributed by atoms with van der Waals surface area (Å²) in [5, 5.41) is 0. The SMILES string of the molecule is O=S(=O)([O-])[O-].OCl.[Na+].[Na+]. The normalized spacial score (nSPS) is 7.11. The molecule has 0 aromatic carbocycles. The van der Waals surface area contributed by atoms with E-state index in [1.807, 2.05) is 0 Å². The van der Waals surface area contributed by atoms with Crippen molar-refractivity contribution in [1.82, 2.24) is 0 Å². The molecule has 0 aliphatic heterocycles. The average molecular weight is 195 g/mol. The van der Waals surface area contributed by atoms with Crippen molar-refractivity contribution in [3.05, 3.63) is 0 Å². The van der Waals surface area contributed by atoms with Crippen LogP contribution >= 0.6 is 11.9 Å². The summed E-state index contributed by atoms with van der Waals surface area (Å²) < 4.78 is 40.6. The van der Waals surface area contributed by atoms with Gasteiger partial charge in [-0.05, 0) is 0 Å². The molecule has 0 rings (SSSR count). The second-order valence-electron chi connectivity index (χ2n) is 0.408. The topological polar surface area (TPSA) is 100 Å². The van der Waals surface area contributed by atoms with Gasteiger partial charge in [0.15, 0.2) is 0 Å². The summed E-state index contributed by atoms with van der Waals surface area (Å²) in [5.74, 6) is 0. The Kier molecular flexibility index (Phi) is 31.9. The van der Waals surface area contributed by atoms with E-state index in [2.05, 4.69) is 11.9 Å². The fraction of sp³-hybridized carbons (Fsp3) is 0. The maximum Gasteiger partial charge on any atom is 1.00 e. The molecule has 0 aromatic heterocycles. The Morgan fingerprint density at radius 2 is 1.11 bits per heavy atom. The Balaban J connectivity index is -0.0000000286. The van der Waals surface area contributed by atoms with E-state index in [1.165, 1.54) is 0 Å². The van der Waals surface area contributed by atoms with Gasteiger partial charge in [-0.2, -0.15) is 0 Å². The van der Waals surface area contributed by atoms with Gasteiger partial charge in [0.05, 0.1) is 11.9 Å². The monoisotopic (exact) mass is 194 g/mol. The molecule has 0 aliphatic carbocycles. The summed E-state index contributed by atoms with van der Waals surface area (Å²) >= 11 is 3.64. The largest absolute Gasteiger partial charge is 1.00 e. The summed E-state index contributed by atoms with van der Waals surface area (Å²) in [5.41, 5.74) is 0. The standard InChI is InChI=1S/ClHO.2Na.H2O4S/c1-2;;;1-5(2,3)4/h2H;;;(H2,1,2,3,4)/q;2*+1;/p-2. The van der Waals surface area contributed by atoms with Crippen molar-refractivity contribution >= 4 is 22.3 Å². The Morgan fingerprint density at radius 1 is 1.11 bits per heavy atom. The zero-order valence-electron chi connectivity index (χ0n) is 4.87. The van der Waals surface area contributed by atoms with Gasteiger partial charge in [-0.1, -0.05) is 0 Å².